The van der Waals surface area contributed by atoms with Gasteiger partial charge in [-0.2, -0.15) is 0 Å². The molecular formula is C32H34Cl2N2O2. The van der Waals surface area contributed by atoms with Gasteiger partial charge in [-0.25, -0.2) is 0 Å². The van der Waals surface area contributed by atoms with Crippen LogP contribution < -0.4 is 5.32 Å². The van der Waals surface area contributed by atoms with Crippen LogP contribution in [0, 0.1) is 0 Å². The second-order valence-corrected chi connectivity index (χ2v) is 10.7. The van der Waals surface area contributed by atoms with Crippen LogP contribution in [0.25, 0.3) is 0 Å². The molecule has 0 heterocycles. The second kappa shape index (κ2) is 14.2. The molecule has 0 bridgehead atoms. The summed E-state index contributed by atoms with van der Waals surface area (Å²) in [7, 11) is 0. The van der Waals surface area contributed by atoms with Crippen molar-refractivity contribution in [1.82, 2.24) is 10.2 Å². The molecule has 4 nitrogen and oxygen atoms in total. The van der Waals surface area contributed by atoms with Gasteiger partial charge in [-0.1, -0.05) is 89.4 Å². The van der Waals surface area contributed by atoms with E-state index < -0.39 is 6.04 Å². The molecule has 2 amide bonds. The summed E-state index contributed by atoms with van der Waals surface area (Å²) in [4.78, 5) is 29.2. The van der Waals surface area contributed by atoms with E-state index in [4.69, 9.17) is 23.2 Å². The van der Waals surface area contributed by atoms with Crippen molar-refractivity contribution in [2.45, 2.75) is 57.5 Å². The average molecular weight is 550 g/mol. The number of benzene rings is 3. The predicted molar refractivity (Wildman–Crippen MR) is 155 cm³/mol. The third-order valence-corrected chi connectivity index (χ3v) is 7.44. The molecule has 198 valence electrons. The van der Waals surface area contributed by atoms with Gasteiger partial charge in [-0.05, 0) is 73.1 Å². The number of amides is 2. The highest BCUT2D eigenvalue weighted by molar-refractivity contribution is 6.30. The molecule has 1 N–H and O–H groups in total. The lowest BCUT2D eigenvalue weighted by Gasteiger charge is -2.32. The summed E-state index contributed by atoms with van der Waals surface area (Å²) in [6, 6.07) is 23.9. The molecule has 0 aromatic heterocycles. The van der Waals surface area contributed by atoms with Crippen molar-refractivity contribution >= 4 is 35.0 Å². The molecule has 0 fully saturated rings. The summed E-state index contributed by atoms with van der Waals surface area (Å²) in [5.74, 6) is -0.253. The van der Waals surface area contributed by atoms with Crippen LogP contribution in [0.2, 0.25) is 10.0 Å². The van der Waals surface area contributed by atoms with Crippen molar-refractivity contribution in [2.24, 2.45) is 0 Å². The molecule has 0 spiro atoms. The van der Waals surface area contributed by atoms with Crippen LogP contribution in [0.4, 0.5) is 0 Å². The van der Waals surface area contributed by atoms with Crippen LogP contribution in [0.1, 0.15) is 48.8 Å². The Morgan fingerprint density at radius 1 is 0.816 bits per heavy atom. The molecule has 1 unspecified atom stereocenters. The zero-order valence-corrected chi connectivity index (χ0v) is 23.1. The lowest BCUT2D eigenvalue weighted by Crippen LogP contribution is -2.51. The van der Waals surface area contributed by atoms with Crippen molar-refractivity contribution in [2.75, 3.05) is 6.54 Å². The molecule has 38 heavy (non-hydrogen) atoms. The van der Waals surface area contributed by atoms with Crippen LogP contribution in [0.3, 0.4) is 0 Å². The van der Waals surface area contributed by atoms with E-state index >= 15 is 0 Å². The largest absolute Gasteiger partial charge is 0.354 e. The monoisotopic (exact) mass is 548 g/mol. The van der Waals surface area contributed by atoms with E-state index in [0.29, 0.717) is 29.6 Å². The van der Waals surface area contributed by atoms with Crippen molar-refractivity contribution in [1.29, 1.82) is 0 Å². The summed E-state index contributed by atoms with van der Waals surface area (Å²) in [6.07, 6.45) is 8.43. The van der Waals surface area contributed by atoms with Gasteiger partial charge in [0, 0.05) is 29.6 Å². The standard InChI is InChI=1S/C32H34Cl2N2O2/c33-28-15-11-26(12-16-28)22-31(37)36(23-27-13-17-29(34)18-14-27)30(21-25-9-5-2-6-10-25)32(38)35-20-19-24-7-3-1-4-8-24/h2,5-7,9-18,30H,1,3-4,8,19-23H2,(H,35,38). The first-order valence-corrected chi connectivity index (χ1v) is 14.0. The zero-order chi connectivity index (χ0) is 26.7. The first kappa shape index (κ1) is 27.9. The lowest BCUT2D eigenvalue weighted by molar-refractivity contribution is -0.140. The summed E-state index contributed by atoms with van der Waals surface area (Å²) in [6.45, 7) is 0.871. The summed E-state index contributed by atoms with van der Waals surface area (Å²) < 4.78 is 0. The highest BCUT2D eigenvalue weighted by Gasteiger charge is 2.30. The van der Waals surface area contributed by atoms with Gasteiger partial charge in [0.25, 0.3) is 0 Å². The minimum absolute atomic E-state index is 0.117. The summed E-state index contributed by atoms with van der Waals surface area (Å²) in [5.41, 5.74) is 4.18. The number of halogens is 2. The van der Waals surface area contributed by atoms with Crippen LogP contribution in [0.5, 0.6) is 0 Å². The van der Waals surface area contributed by atoms with Gasteiger partial charge in [0.15, 0.2) is 0 Å². The number of nitrogens with zero attached hydrogens (tertiary/aromatic N) is 1. The highest BCUT2D eigenvalue weighted by Crippen LogP contribution is 2.21. The van der Waals surface area contributed by atoms with E-state index in [2.05, 4.69) is 11.4 Å². The van der Waals surface area contributed by atoms with E-state index in [0.717, 1.165) is 36.0 Å². The van der Waals surface area contributed by atoms with Gasteiger partial charge < -0.3 is 10.2 Å². The van der Waals surface area contributed by atoms with Crippen LogP contribution in [0.15, 0.2) is 90.5 Å². The Kier molecular flexibility index (Phi) is 10.4. The van der Waals surface area contributed by atoms with Gasteiger partial charge in [0.1, 0.15) is 6.04 Å². The van der Waals surface area contributed by atoms with E-state index in [1.165, 1.54) is 18.4 Å². The second-order valence-electron chi connectivity index (χ2n) is 9.81. The molecule has 0 radical (unpaired) electrons. The Hall–Kier alpha value is -3.08. The van der Waals surface area contributed by atoms with E-state index in [1.807, 2.05) is 66.7 Å². The molecule has 1 aliphatic rings. The maximum Gasteiger partial charge on any atom is 0.243 e. The number of nitrogens with one attached hydrogen (secondary N) is 1. The molecule has 0 saturated heterocycles. The van der Waals surface area contributed by atoms with Crippen molar-refractivity contribution in [3.8, 4) is 0 Å². The number of rotatable bonds is 11. The van der Waals surface area contributed by atoms with Crippen molar-refractivity contribution in [3.05, 3.63) is 117 Å². The molecular weight excluding hydrogens is 515 g/mol. The van der Waals surface area contributed by atoms with E-state index in [-0.39, 0.29) is 18.2 Å². The van der Waals surface area contributed by atoms with E-state index in [9.17, 15) is 9.59 Å². The topological polar surface area (TPSA) is 49.4 Å². The van der Waals surface area contributed by atoms with Gasteiger partial charge in [0.2, 0.25) is 11.8 Å². The minimum atomic E-state index is -0.659. The van der Waals surface area contributed by atoms with Crippen LogP contribution in [-0.2, 0) is 29.0 Å². The van der Waals surface area contributed by atoms with Gasteiger partial charge in [-0.3, -0.25) is 9.59 Å². The number of carbonyl (C=O) groups is 2. The van der Waals surface area contributed by atoms with E-state index in [1.54, 1.807) is 17.0 Å². The molecule has 4 rings (SSSR count). The number of carbonyl (C=O) groups excluding carboxylic acids is 2. The molecule has 1 aliphatic carbocycles. The predicted octanol–water partition coefficient (Wildman–Crippen LogP) is 7.18. The van der Waals surface area contributed by atoms with Gasteiger partial charge >= 0.3 is 0 Å². The molecule has 3 aromatic carbocycles. The smallest absolute Gasteiger partial charge is 0.243 e. The normalized spacial score (nSPS) is 13.9. The third kappa shape index (κ3) is 8.47. The SMILES string of the molecule is O=C(NCCC1=CCCCC1)C(Cc1ccccc1)N(Cc1ccc(Cl)cc1)C(=O)Cc1ccc(Cl)cc1. The fraction of sp³-hybridized carbons (Fsp3) is 0.312. The number of hydrogen-bond acceptors (Lipinski definition) is 2. The quantitative estimate of drug-likeness (QED) is 0.258. The van der Waals surface area contributed by atoms with Crippen molar-refractivity contribution in [3.63, 3.8) is 0 Å². The number of allylic oxidation sites excluding steroid dienone is 1. The van der Waals surface area contributed by atoms with Gasteiger partial charge in [-0.15, -0.1) is 0 Å². The zero-order valence-electron chi connectivity index (χ0n) is 21.5. The first-order chi connectivity index (χ1) is 18.5. The molecule has 6 heteroatoms. The Balaban J connectivity index is 1.58. The lowest BCUT2D eigenvalue weighted by atomic mass is 9.97. The van der Waals surface area contributed by atoms with Crippen LogP contribution >= 0.6 is 23.2 Å². The molecule has 0 aliphatic heterocycles. The molecule has 3 aromatic rings. The fourth-order valence-electron chi connectivity index (χ4n) is 4.81. The molecule has 1 atom stereocenters. The minimum Gasteiger partial charge on any atom is -0.354 e. The van der Waals surface area contributed by atoms with Crippen molar-refractivity contribution < 1.29 is 9.59 Å². The van der Waals surface area contributed by atoms with Gasteiger partial charge in [0.05, 0.1) is 6.42 Å². The number of hydrogen-bond donors (Lipinski definition) is 1. The Labute approximate surface area is 235 Å². The first-order valence-electron chi connectivity index (χ1n) is 13.3. The Bertz CT molecular complexity index is 1220. The third-order valence-electron chi connectivity index (χ3n) is 6.94. The fourth-order valence-corrected chi connectivity index (χ4v) is 5.07. The Morgan fingerprint density at radius 2 is 1.47 bits per heavy atom. The highest BCUT2D eigenvalue weighted by atomic mass is 35.5. The maximum absolute atomic E-state index is 13.8. The Morgan fingerprint density at radius 3 is 2.11 bits per heavy atom. The maximum atomic E-state index is 13.8. The summed E-state index contributed by atoms with van der Waals surface area (Å²) >= 11 is 12.2. The van der Waals surface area contributed by atoms with Crippen LogP contribution in [-0.4, -0.2) is 29.3 Å². The molecule has 0 saturated carbocycles. The summed E-state index contributed by atoms with van der Waals surface area (Å²) in [5, 5.41) is 4.39. The average Bonchev–Trinajstić information content (AvgIpc) is 2.94.